The van der Waals surface area contributed by atoms with Gasteiger partial charge in [-0.25, -0.2) is 14.2 Å². The number of aryl methyl sites for hydroxylation is 1. The van der Waals surface area contributed by atoms with Crippen LogP contribution in [0.3, 0.4) is 0 Å². The summed E-state index contributed by atoms with van der Waals surface area (Å²) in [4.78, 5) is 36.0. The summed E-state index contributed by atoms with van der Waals surface area (Å²) in [7, 11) is 0. The van der Waals surface area contributed by atoms with Crippen molar-refractivity contribution in [1.82, 2.24) is 20.0 Å². The molecule has 3 heterocycles. The Balaban J connectivity index is 1.50. The first-order valence-electron chi connectivity index (χ1n) is 15.0. The maximum Gasteiger partial charge on any atom is 0.414 e. The second-order valence-electron chi connectivity index (χ2n) is 12.5. The van der Waals surface area contributed by atoms with Gasteiger partial charge in [-0.2, -0.15) is 0 Å². The number of Topliss-reactive ketones (excluding diaryl/α,β-unsaturated/α-hetero) is 1. The van der Waals surface area contributed by atoms with Crippen molar-refractivity contribution in [2.45, 2.75) is 103 Å². The van der Waals surface area contributed by atoms with E-state index < -0.39 is 17.5 Å². The summed E-state index contributed by atoms with van der Waals surface area (Å²) < 4.78 is 26.9. The van der Waals surface area contributed by atoms with Crippen molar-refractivity contribution < 1.29 is 23.2 Å². The van der Waals surface area contributed by atoms with Gasteiger partial charge in [0.2, 0.25) is 0 Å². The molecule has 0 spiro atoms. The number of H-pyrrole nitrogens is 1. The number of aromatic amines is 1. The molecule has 1 amide bonds. The number of nitrogens with zero attached hydrogens (tertiary/aromatic N) is 3. The standard InChI is InChI=1S/C32H41FN4O4/c1-20-24(19-40-36-20)27(38)18-23(21-12-8-6-5-7-9-13-21)30-34-25-16-15-22(28(33)29(25)35-30)26-14-10-11-17-37(26)31(39)41-32(2,3)4/h14-16,19,21,23H,5-13,17-18H2,1-4H3,(H,34,35). The van der Waals surface area contributed by atoms with Crippen molar-refractivity contribution in [2.75, 3.05) is 6.54 Å². The molecule has 0 radical (unpaired) electrons. The van der Waals surface area contributed by atoms with Crippen LogP contribution < -0.4 is 0 Å². The zero-order valence-corrected chi connectivity index (χ0v) is 24.6. The predicted molar refractivity (Wildman–Crippen MR) is 155 cm³/mol. The summed E-state index contributed by atoms with van der Waals surface area (Å²) in [6.45, 7) is 7.67. The fraction of sp³-hybridized carbons (Fsp3) is 0.562. The van der Waals surface area contributed by atoms with Gasteiger partial charge in [-0.05, 0) is 71.4 Å². The quantitative estimate of drug-likeness (QED) is 0.304. The lowest BCUT2D eigenvalue weighted by molar-refractivity contribution is 0.0346. The van der Waals surface area contributed by atoms with Gasteiger partial charge in [0, 0.05) is 24.4 Å². The van der Waals surface area contributed by atoms with Crippen molar-refractivity contribution in [3.63, 3.8) is 0 Å². The van der Waals surface area contributed by atoms with Gasteiger partial charge in [0.1, 0.15) is 23.2 Å². The van der Waals surface area contributed by atoms with E-state index in [1.807, 2.05) is 32.9 Å². The molecule has 3 aromatic rings. The highest BCUT2D eigenvalue weighted by Gasteiger charge is 2.32. The molecule has 1 aliphatic heterocycles. The number of aromatic nitrogens is 3. The molecule has 0 saturated heterocycles. The SMILES string of the molecule is Cc1nocc1C(=O)CC(c1nc2c(F)c(C3=CCCCN3C(=O)OC(C)(C)C)ccc2[nH]1)C1CCCCCCC1. The Labute approximate surface area is 240 Å². The van der Waals surface area contributed by atoms with E-state index in [4.69, 9.17) is 14.2 Å². The average Bonchev–Trinajstić information content (AvgIpc) is 3.53. The number of fused-ring (bicyclic) bond motifs is 1. The van der Waals surface area contributed by atoms with Crippen LogP contribution in [0.1, 0.15) is 118 Å². The first-order valence-corrected chi connectivity index (χ1v) is 15.0. The summed E-state index contributed by atoms with van der Waals surface area (Å²) >= 11 is 0. The number of halogens is 1. The molecule has 1 atom stereocenters. The first-order chi connectivity index (χ1) is 19.6. The van der Waals surface area contributed by atoms with Crippen LogP contribution in [0.15, 0.2) is 29.0 Å². The monoisotopic (exact) mass is 564 g/mol. The second kappa shape index (κ2) is 12.2. The van der Waals surface area contributed by atoms with Gasteiger partial charge in [0.25, 0.3) is 0 Å². The molecule has 1 saturated carbocycles. The molecule has 41 heavy (non-hydrogen) atoms. The topological polar surface area (TPSA) is 101 Å². The largest absolute Gasteiger partial charge is 0.443 e. The van der Waals surface area contributed by atoms with Gasteiger partial charge in [0.15, 0.2) is 11.6 Å². The van der Waals surface area contributed by atoms with Crippen molar-refractivity contribution in [2.24, 2.45) is 5.92 Å². The fourth-order valence-corrected chi connectivity index (χ4v) is 6.16. The lowest BCUT2D eigenvalue weighted by atomic mass is 9.78. The second-order valence-corrected chi connectivity index (χ2v) is 12.5. The van der Waals surface area contributed by atoms with Crippen LogP contribution in [0.25, 0.3) is 16.7 Å². The highest BCUT2D eigenvalue weighted by Crippen LogP contribution is 2.39. The molecule has 1 unspecified atom stereocenters. The Morgan fingerprint density at radius 1 is 1.15 bits per heavy atom. The number of rotatable bonds is 6. The molecule has 5 rings (SSSR count). The average molecular weight is 565 g/mol. The Morgan fingerprint density at radius 3 is 2.56 bits per heavy atom. The first kappa shape index (κ1) is 29.0. The number of imidazole rings is 1. The third-order valence-electron chi connectivity index (χ3n) is 8.24. The van der Waals surface area contributed by atoms with Gasteiger partial charge in [0.05, 0.1) is 22.5 Å². The molecule has 220 valence electrons. The van der Waals surface area contributed by atoms with Gasteiger partial charge in [-0.15, -0.1) is 0 Å². The number of allylic oxidation sites excluding steroid dienone is 1. The van der Waals surface area contributed by atoms with Crippen molar-refractivity contribution in [3.8, 4) is 0 Å². The Hall–Kier alpha value is -3.49. The molecule has 1 fully saturated rings. The minimum Gasteiger partial charge on any atom is -0.443 e. The van der Waals surface area contributed by atoms with E-state index in [1.54, 1.807) is 13.0 Å². The van der Waals surface area contributed by atoms with E-state index in [1.165, 1.54) is 30.4 Å². The van der Waals surface area contributed by atoms with Crippen molar-refractivity contribution in [1.29, 1.82) is 0 Å². The minimum absolute atomic E-state index is 0.0437. The molecule has 8 nitrogen and oxygen atoms in total. The lowest BCUT2D eigenvalue weighted by Crippen LogP contribution is -2.37. The number of hydrogen-bond donors (Lipinski definition) is 1. The third kappa shape index (κ3) is 6.54. The van der Waals surface area contributed by atoms with Gasteiger partial charge in [-0.1, -0.05) is 43.3 Å². The van der Waals surface area contributed by atoms with E-state index in [0.29, 0.717) is 40.4 Å². The van der Waals surface area contributed by atoms with Crippen molar-refractivity contribution >= 4 is 28.6 Å². The number of benzene rings is 1. The van der Waals surface area contributed by atoms with Crippen LogP contribution in [0.2, 0.25) is 0 Å². The number of hydrogen-bond acceptors (Lipinski definition) is 6. The Bertz CT molecular complexity index is 1430. The number of amides is 1. The molecule has 1 aromatic carbocycles. The van der Waals surface area contributed by atoms with E-state index in [-0.39, 0.29) is 29.6 Å². The van der Waals surface area contributed by atoms with Crippen LogP contribution >= 0.6 is 0 Å². The molecular weight excluding hydrogens is 523 g/mol. The molecule has 1 N–H and O–H groups in total. The Kier molecular flexibility index (Phi) is 8.61. The summed E-state index contributed by atoms with van der Waals surface area (Å²) in [5.74, 6) is 0.177. The smallest absolute Gasteiger partial charge is 0.414 e. The summed E-state index contributed by atoms with van der Waals surface area (Å²) in [6, 6.07) is 3.51. The van der Waals surface area contributed by atoms with Crippen LogP contribution in [0.5, 0.6) is 0 Å². The number of nitrogens with one attached hydrogen (secondary N) is 1. The molecule has 2 aromatic heterocycles. The minimum atomic E-state index is -0.659. The maximum absolute atomic E-state index is 16.2. The highest BCUT2D eigenvalue weighted by atomic mass is 19.1. The predicted octanol–water partition coefficient (Wildman–Crippen LogP) is 8.09. The molecule has 2 aliphatic rings. The molecule has 9 heteroatoms. The van der Waals surface area contributed by atoms with E-state index in [9.17, 15) is 9.59 Å². The van der Waals surface area contributed by atoms with Crippen LogP contribution in [-0.4, -0.2) is 44.0 Å². The van der Waals surface area contributed by atoms with Gasteiger partial charge in [-0.3, -0.25) is 9.69 Å². The van der Waals surface area contributed by atoms with Crippen molar-refractivity contribution in [3.05, 3.63) is 52.9 Å². The van der Waals surface area contributed by atoms with E-state index in [0.717, 1.165) is 38.5 Å². The number of ether oxygens (including phenoxy) is 1. The van der Waals surface area contributed by atoms with Crippen LogP contribution in [0.4, 0.5) is 9.18 Å². The molecular formula is C32H41FN4O4. The Morgan fingerprint density at radius 2 is 1.88 bits per heavy atom. The highest BCUT2D eigenvalue weighted by molar-refractivity contribution is 5.97. The number of ketones is 1. The normalized spacial score (nSPS) is 18.1. The van der Waals surface area contributed by atoms with E-state index >= 15 is 4.39 Å². The van der Waals surface area contributed by atoms with Crippen LogP contribution in [-0.2, 0) is 4.74 Å². The fourth-order valence-electron chi connectivity index (χ4n) is 6.16. The molecule has 0 bridgehead atoms. The zero-order valence-electron chi connectivity index (χ0n) is 24.6. The van der Waals surface area contributed by atoms with Gasteiger partial charge >= 0.3 is 6.09 Å². The van der Waals surface area contributed by atoms with E-state index in [2.05, 4.69) is 10.1 Å². The van der Waals surface area contributed by atoms with Gasteiger partial charge < -0.3 is 14.2 Å². The zero-order chi connectivity index (χ0) is 29.1. The summed E-state index contributed by atoms with van der Waals surface area (Å²) in [5.41, 5.74) is 2.01. The number of carbonyl (C=O) groups is 2. The van der Waals surface area contributed by atoms with Crippen LogP contribution in [0, 0.1) is 18.7 Å². The summed E-state index contributed by atoms with van der Waals surface area (Å²) in [6.07, 6.45) is 12.4. The number of carbonyl (C=O) groups excluding carboxylic acids is 2. The third-order valence-corrected chi connectivity index (χ3v) is 8.24. The molecule has 1 aliphatic carbocycles. The maximum atomic E-state index is 16.2. The summed E-state index contributed by atoms with van der Waals surface area (Å²) in [5, 5.41) is 3.88. The lowest BCUT2D eigenvalue weighted by Gasteiger charge is -2.31.